The van der Waals surface area contributed by atoms with E-state index in [-0.39, 0.29) is 12.0 Å². The Kier molecular flexibility index (Phi) is 3.87. The molecule has 0 amide bonds. The molecule has 1 fully saturated rings. The summed E-state index contributed by atoms with van der Waals surface area (Å²) in [5.41, 5.74) is 3.40. The van der Waals surface area contributed by atoms with Crippen molar-refractivity contribution in [2.75, 3.05) is 19.7 Å². The van der Waals surface area contributed by atoms with Gasteiger partial charge in [0.25, 0.3) is 0 Å². The Morgan fingerprint density at radius 2 is 2.17 bits per heavy atom. The first-order valence-corrected chi connectivity index (χ1v) is 9.22. The van der Waals surface area contributed by atoms with Gasteiger partial charge in [0.05, 0.1) is 18.1 Å². The number of aromatic nitrogens is 1. The van der Waals surface area contributed by atoms with Crippen molar-refractivity contribution in [1.82, 2.24) is 9.88 Å². The zero-order chi connectivity index (χ0) is 16.7. The van der Waals surface area contributed by atoms with Crippen molar-refractivity contribution < 1.29 is 9.53 Å². The lowest BCUT2D eigenvalue weighted by molar-refractivity contribution is -0.165. The van der Waals surface area contributed by atoms with Crippen LogP contribution in [0.2, 0.25) is 0 Å². The molecule has 1 aromatic heterocycles. The van der Waals surface area contributed by atoms with Gasteiger partial charge in [0.15, 0.2) is 0 Å². The average molecular weight is 326 g/mol. The Hall–Kier alpha value is -1.81. The number of nitrogens with zero attached hydrogens (tertiary/aromatic N) is 1. The number of nitrogens with one attached hydrogen (secondary N) is 1. The van der Waals surface area contributed by atoms with Crippen molar-refractivity contribution in [2.45, 2.75) is 45.6 Å². The molecule has 24 heavy (non-hydrogen) atoms. The van der Waals surface area contributed by atoms with E-state index in [0.29, 0.717) is 6.61 Å². The number of carbonyl (C=O) groups is 1. The number of fused-ring (bicyclic) bond motifs is 5. The average Bonchev–Trinajstić information content (AvgIpc) is 3.00. The van der Waals surface area contributed by atoms with Crippen LogP contribution in [0.15, 0.2) is 24.3 Å². The van der Waals surface area contributed by atoms with Crippen molar-refractivity contribution in [3.8, 4) is 0 Å². The minimum atomic E-state index is -0.426. The lowest BCUT2D eigenvalue weighted by Gasteiger charge is -2.50. The molecule has 1 aromatic carbocycles. The number of piperidine rings is 1. The van der Waals surface area contributed by atoms with Crippen LogP contribution >= 0.6 is 0 Å². The van der Waals surface area contributed by atoms with Crippen LogP contribution in [0, 0.1) is 5.41 Å². The highest BCUT2D eigenvalue weighted by molar-refractivity contribution is 5.86. The molecular weight excluding hydrogens is 300 g/mol. The van der Waals surface area contributed by atoms with Gasteiger partial charge in [0, 0.05) is 23.1 Å². The Morgan fingerprint density at radius 1 is 1.33 bits per heavy atom. The van der Waals surface area contributed by atoms with Gasteiger partial charge in [-0.25, -0.2) is 0 Å². The predicted molar refractivity (Wildman–Crippen MR) is 94.9 cm³/mol. The normalized spacial score (nSPS) is 26.8. The molecule has 2 atom stereocenters. The fraction of sp³-hybridized carbons (Fsp3) is 0.550. The highest BCUT2D eigenvalue weighted by Crippen LogP contribution is 2.52. The van der Waals surface area contributed by atoms with E-state index < -0.39 is 5.41 Å². The number of benzene rings is 1. The van der Waals surface area contributed by atoms with Crippen LogP contribution in [0.5, 0.6) is 0 Å². The third-order valence-corrected chi connectivity index (χ3v) is 6.04. The molecule has 0 spiro atoms. The second-order valence-corrected chi connectivity index (χ2v) is 7.09. The second kappa shape index (κ2) is 5.92. The molecule has 1 saturated heterocycles. The summed E-state index contributed by atoms with van der Waals surface area (Å²) in [5, 5.41) is 1.31. The largest absolute Gasteiger partial charge is 0.466 e. The van der Waals surface area contributed by atoms with Crippen LogP contribution in [0.25, 0.3) is 10.9 Å². The number of aromatic amines is 1. The van der Waals surface area contributed by atoms with Gasteiger partial charge in [-0.15, -0.1) is 0 Å². The number of esters is 1. The molecule has 4 heteroatoms. The summed E-state index contributed by atoms with van der Waals surface area (Å²) < 4.78 is 5.53. The molecule has 2 unspecified atom stereocenters. The Bertz CT molecular complexity index is 766. The molecule has 2 aliphatic rings. The maximum atomic E-state index is 13.0. The van der Waals surface area contributed by atoms with E-state index in [1.54, 1.807) is 0 Å². The fourth-order valence-corrected chi connectivity index (χ4v) is 4.89. The van der Waals surface area contributed by atoms with Gasteiger partial charge >= 0.3 is 5.97 Å². The minimum Gasteiger partial charge on any atom is -0.466 e. The van der Waals surface area contributed by atoms with Gasteiger partial charge in [-0.1, -0.05) is 25.1 Å². The number of hydrogen-bond donors (Lipinski definition) is 1. The first kappa shape index (κ1) is 15.7. The highest BCUT2D eigenvalue weighted by atomic mass is 16.5. The van der Waals surface area contributed by atoms with E-state index in [9.17, 15) is 4.79 Å². The molecule has 0 aliphatic carbocycles. The predicted octanol–water partition coefficient (Wildman–Crippen LogP) is 3.82. The Balaban J connectivity index is 1.88. The Labute approximate surface area is 143 Å². The molecule has 0 radical (unpaired) electrons. The maximum absolute atomic E-state index is 13.0. The third-order valence-electron chi connectivity index (χ3n) is 6.04. The number of hydrogen-bond acceptors (Lipinski definition) is 3. The van der Waals surface area contributed by atoms with Crippen molar-refractivity contribution in [3.05, 3.63) is 35.5 Å². The van der Waals surface area contributed by atoms with Crippen LogP contribution in [0.1, 0.15) is 50.4 Å². The molecule has 0 bridgehead atoms. The van der Waals surface area contributed by atoms with E-state index in [1.165, 1.54) is 22.2 Å². The van der Waals surface area contributed by atoms with Crippen LogP contribution < -0.4 is 0 Å². The summed E-state index contributed by atoms with van der Waals surface area (Å²) in [5.74, 6) is -0.0197. The first-order chi connectivity index (χ1) is 11.7. The van der Waals surface area contributed by atoms with Crippen LogP contribution in [0.3, 0.4) is 0 Å². The number of carbonyl (C=O) groups excluding carboxylic acids is 1. The summed E-state index contributed by atoms with van der Waals surface area (Å²) in [7, 11) is 0. The molecule has 2 aromatic rings. The van der Waals surface area contributed by atoms with E-state index in [0.717, 1.165) is 38.8 Å². The number of H-pyrrole nitrogens is 1. The second-order valence-electron chi connectivity index (χ2n) is 7.09. The Morgan fingerprint density at radius 3 is 2.96 bits per heavy atom. The van der Waals surface area contributed by atoms with Gasteiger partial charge in [0.1, 0.15) is 0 Å². The topological polar surface area (TPSA) is 45.3 Å². The fourth-order valence-electron chi connectivity index (χ4n) is 4.89. The summed E-state index contributed by atoms with van der Waals surface area (Å²) in [6.45, 7) is 6.59. The van der Waals surface area contributed by atoms with E-state index in [2.05, 4.69) is 41.1 Å². The molecule has 0 saturated carbocycles. The quantitative estimate of drug-likeness (QED) is 0.872. The lowest BCUT2D eigenvalue weighted by Crippen LogP contribution is -2.53. The molecule has 2 aliphatic heterocycles. The van der Waals surface area contributed by atoms with Gasteiger partial charge in [-0.3, -0.25) is 9.69 Å². The summed E-state index contributed by atoms with van der Waals surface area (Å²) in [4.78, 5) is 19.1. The molecular formula is C20H26N2O2. The highest BCUT2D eigenvalue weighted by Gasteiger charge is 2.53. The summed E-state index contributed by atoms with van der Waals surface area (Å²) in [6, 6.07) is 8.62. The first-order valence-electron chi connectivity index (χ1n) is 9.22. The molecule has 128 valence electrons. The van der Waals surface area contributed by atoms with Crippen molar-refractivity contribution >= 4 is 16.9 Å². The smallest absolute Gasteiger partial charge is 0.314 e. The van der Waals surface area contributed by atoms with Crippen LogP contribution in [-0.2, 0) is 16.0 Å². The monoisotopic (exact) mass is 326 g/mol. The number of ether oxygens (including phenoxy) is 1. The zero-order valence-corrected chi connectivity index (χ0v) is 14.6. The van der Waals surface area contributed by atoms with Gasteiger partial charge in [-0.2, -0.15) is 0 Å². The summed E-state index contributed by atoms with van der Waals surface area (Å²) in [6.07, 6.45) is 3.86. The van der Waals surface area contributed by atoms with E-state index in [1.807, 2.05) is 6.92 Å². The van der Waals surface area contributed by atoms with Crippen molar-refractivity contribution in [2.24, 2.45) is 5.41 Å². The van der Waals surface area contributed by atoms with E-state index in [4.69, 9.17) is 4.74 Å². The maximum Gasteiger partial charge on any atom is 0.314 e. The molecule has 4 nitrogen and oxygen atoms in total. The van der Waals surface area contributed by atoms with Gasteiger partial charge in [-0.05, 0) is 50.8 Å². The molecule has 3 heterocycles. The lowest BCUT2D eigenvalue weighted by atomic mass is 9.68. The standard InChI is InChI=1S/C20H26N2O2/c1-3-20(19(23)24-4-2)11-7-12-22-13-10-15-14-8-5-6-9-16(14)21-17(15)18(20)22/h5-6,8-9,18,21H,3-4,7,10-13H2,1-2H3. The zero-order valence-electron chi connectivity index (χ0n) is 14.6. The van der Waals surface area contributed by atoms with Crippen molar-refractivity contribution in [1.29, 1.82) is 0 Å². The number of rotatable bonds is 3. The van der Waals surface area contributed by atoms with E-state index >= 15 is 0 Å². The molecule has 1 N–H and O–H groups in total. The van der Waals surface area contributed by atoms with Crippen molar-refractivity contribution in [3.63, 3.8) is 0 Å². The molecule has 4 rings (SSSR count). The van der Waals surface area contributed by atoms with Gasteiger partial charge < -0.3 is 9.72 Å². The third kappa shape index (κ3) is 2.12. The van der Waals surface area contributed by atoms with Gasteiger partial charge in [0.2, 0.25) is 0 Å². The minimum absolute atomic E-state index is 0.0197. The SMILES string of the molecule is CCOC(=O)C1(CC)CCCN2CCc3c([nH]c4ccccc34)C21. The van der Waals surface area contributed by atoms with Crippen LogP contribution in [0.4, 0.5) is 0 Å². The summed E-state index contributed by atoms with van der Waals surface area (Å²) >= 11 is 0. The van der Waals surface area contributed by atoms with Crippen LogP contribution in [-0.4, -0.2) is 35.5 Å². The number of para-hydroxylation sites is 1.